The summed E-state index contributed by atoms with van der Waals surface area (Å²) in [5.41, 5.74) is 11.7. The van der Waals surface area contributed by atoms with E-state index in [9.17, 15) is 0 Å². The van der Waals surface area contributed by atoms with Gasteiger partial charge in [0.25, 0.3) is 0 Å². The van der Waals surface area contributed by atoms with E-state index < -0.39 is 0 Å². The Morgan fingerprint density at radius 3 is 2.50 bits per heavy atom. The van der Waals surface area contributed by atoms with Gasteiger partial charge in [0.1, 0.15) is 18.2 Å². The van der Waals surface area contributed by atoms with Gasteiger partial charge in [-0.2, -0.15) is 0 Å². The fourth-order valence-electron chi connectivity index (χ4n) is 6.62. The third-order valence-electron chi connectivity index (χ3n) is 7.99. The highest BCUT2D eigenvalue weighted by Crippen LogP contribution is 2.59. The number of hydrogen-bond acceptors (Lipinski definition) is 1. The molecule has 3 aromatic carbocycles. The minimum Gasteiger partial charge on any atom is -0.455 e. The zero-order valence-corrected chi connectivity index (χ0v) is 18.6. The molecule has 2 heterocycles. The molecule has 2 aliphatic rings. The molecule has 2 nitrogen and oxygen atoms in total. The second kappa shape index (κ2) is 6.32. The zero-order valence-electron chi connectivity index (χ0n) is 18.6. The maximum atomic E-state index is 6.69. The lowest BCUT2D eigenvalue weighted by Crippen LogP contribution is -2.30. The Morgan fingerprint density at radius 2 is 1.66 bits per heavy atom. The van der Waals surface area contributed by atoms with Crippen molar-refractivity contribution in [2.75, 3.05) is 0 Å². The molecule has 156 valence electrons. The fourth-order valence-corrected chi connectivity index (χ4v) is 6.62. The Balaban J connectivity index is 1.63. The van der Waals surface area contributed by atoms with Crippen LogP contribution < -0.4 is 4.57 Å². The molecule has 0 unspecified atom stereocenters. The molecule has 0 amide bonds. The summed E-state index contributed by atoms with van der Waals surface area (Å²) in [5.74, 6) is 0. The first-order valence-corrected chi connectivity index (χ1v) is 11.7. The summed E-state index contributed by atoms with van der Waals surface area (Å²) in [6.45, 7) is 2.19. The number of pyridine rings is 1. The van der Waals surface area contributed by atoms with Crippen LogP contribution in [0.3, 0.4) is 0 Å². The van der Waals surface area contributed by atoms with Crippen LogP contribution in [0.25, 0.3) is 44.3 Å². The van der Waals surface area contributed by atoms with Crippen molar-refractivity contribution in [1.82, 2.24) is 0 Å². The average molecular weight is 417 g/mol. The third-order valence-corrected chi connectivity index (χ3v) is 7.99. The smallest absolute Gasteiger partial charge is 0.216 e. The minimum atomic E-state index is 0.130. The van der Waals surface area contributed by atoms with Crippen molar-refractivity contribution in [3.8, 4) is 22.4 Å². The summed E-state index contributed by atoms with van der Waals surface area (Å²) < 4.78 is 8.88. The van der Waals surface area contributed by atoms with Crippen LogP contribution in [0.4, 0.5) is 0 Å². The molecular weight excluding hydrogens is 390 g/mol. The van der Waals surface area contributed by atoms with E-state index >= 15 is 0 Å². The van der Waals surface area contributed by atoms with Crippen molar-refractivity contribution in [3.63, 3.8) is 0 Å². The molecule has 1 spiro atoms. The molecule has 7 rings (SSSR count). The third kappa shape index (κ3) is 2.17. The highest BCUT2D eigenvalue weighted by molar-refractivity contribution is 6.14. The normalized spacial score (nSPS) is 16.2. The van der Waals surface area contributed by atoms with E-state index in [1.54, 1.807) is 0 Å². The van der Waals surface area contributed by atoms with Crippen LogP contribution in [0.2, 0.25) is 0 Å². The van der Waals surface area contributed by atoms with E-state index in [0.717, 1.165) is 11.2 Å². The lowest BCUT2D eigenvalue weighted by atomic mass is 9.75. The molecule has 0 aliphatic heterocycles. The predicted octanol–water partition coefficient (Wildman–Crippen LogP) is 7.23. The quantitative estimate of drug-likeness (QED) is 0.264. The van der Waals surface area contributed by atoms with E-state index in [0.29, 0.717) is 0 Å². The van der Waals surface area contributed by atoms with E-state index in [1.807, 2.05) is 0 Å². The van der Waals surface area contributed by atoms with E-state index in [2.05, 4.69) is 91.5 Å². The van der Waals surface area contributed by atoms with Crippen molar-refractivity contribution in [1.29, 1.82) is 0 Å². The Labute approximate surface area is 188 Å². The number of benzene rings is 3. The molecule has 0 radical (unpaired) electrons. The molecule has 0 bridgehead atoms. The number of aromatic nitrogens is 1. The molecule has 32 heavy (non-hydrogen) atoms. The molecule has 2 aromatic heterocycles. The standard InChI is InChI=1S/C30H26NO/c1-19-12-13-22-27-25(32-29(22)26(19)24-11-5-8-18-31(24)2)15-14-21-20-9-3-4-10-23(20)30(28(21)27)16-6-7-17-30/h3-5,8-15,18H,6-7,16-17H2,1-2H3/q+1. The second-order valence-electron chi connectivity index (χ2n) is 9.63. The van der Waals surface area contributed by atoms with Crippen LogP contribution in [0.15, 0.2) is 77.3 Å². The summed E-state index contributed by atoms with van der Waals surface area (Å²) in [7, 11) is 2.11. The number of rotatable bonds is 1. The molecule has 0 N–H and O–H groups in total. The van der Waals surface area contributed by atoms with Gasteiger partial charge in [0.2, 0.25) is 5.69 Å². The van der Waals surface area contributed by atoms with Gasteiger partial charge < -0.3 is 4.42 Å². The largest absolute Gasteiger partial charge is 0.455 e. The van der Waals surface area contributed by atoms with E-state index in [1.165, 1.54) is 75.5 Å². The molecule has 0 saturated heterocycles. The van der Waals surface area contributed by atoms with Crippen LogP contribution in [0.1, 0.15) is 42.4 Å². The predicted molar refractivity (Wildman–Crippen MR) is 130 cm³/mol. The van der Waals surface area contributed by atoms with Gasteiger partial charge in [-0.3, -0.25) is 0 Å². The molecule has 1 fully saturated rings. The maximum absolute atomic E-state index is 6.69. The lowest BCUT2D eigenvalue weighted by Gasteiger charge is -2.27. The number of hydrogen-bond donors (Lipinski definition) is 0. The summed E-state index contributed by atoms with van der Waals surface area (Å²) in [6, 6.07) is 24.5. The first kappa shape index (κ1) is 18.2. The Kier molecular flexibility index (Phi) is 3.60. The topological polar surface area (TPSA) is 17.0 Å². The fraction of sp³-hybridized carbons (Fsp3) is 0.233. The molecule has 5 aromatic rings. The summed E-state index contributed by atoms with van der Waals surface area (Å²) >= 11 is 0. The van der Waals surface area contributed by atoms with E-state index in [-0.39, 0.29) is 5.41 Å². The lowest BCUT2D eigenvalue weighted by molar-refractivity contribution is -0.660. The number of fused-ring (bicyclic) bond motifs is 9. The summed E-state index contributed by atoms with van der Waals surface area (Å²) in [5, 5.41) is 2.58. The second-order valence-corrected chi connectivity index (χ2v) is 9.63. The first-order chi connectivity index (χ1) is 15.7. The highest BCUT2D eigenvalue weighted by atomic mass is 16.3. The minimum absolute atomic E-state index is 0.130. The zero-order chi connectivity index (χ0) is 21.4. The maximum Gasteiger partial charge on any atom is 0.216 e. The monoisotopic (exact) mass is 416 g/mol. The van der Waals surface area contributed by atoms with Gasteiger partial charge in [0.15, 0.2) is 6.20 Å². The van der Waals surface area contributed by atoms with Gasteiger partial charge in [-0.15, -0.1) is 0 Å². The van der Waals surface area contributed by atoms with Gasteiger partial charge in [-0.25, -0.2) is 4.57 Å². The van der Waals surface area contributed by atoms with E-state index in [4.69, 9.17) is 4.42 Å². The number of furan rings is 1. The van der Waals surface area contributed by atoms with Gasteiger partial charge in [0.05, 0.1) is 5.56 Å². The van der Waals surface area contributed by atoms with Gasteiger partial charge in [0, 0.05) is 28.3 Å². The van der Waals surface area contributed by atoms with Gasteiger partial charge in [-0.1, -0.05) is 55.3 Å². The van der Waals surface area contributed by atoms with Crippen molar-refractivity contribution >= 4 is 21.9 Å². The van der Waals surface area contributed by atoms with Gasteiger partial charge in [-0.05, 0) is 59.7 Å². The first-order valence-electron chi connectivity index (χ1n) is 11.7. The summed E-state index contributed by atoms with van der Waals surface area (Å²) in [6.07, 6.45) is 7.16. The van der Waals surface area contributed by atoms with Crippen molar-refractivity contribution in [2.24, 2.45) is 7.05 Å². The Bertz CT molecular complexity index is 1550. The Morgan fingerprint density at radius 1 is 0.844 bits per heavy atom. The number of nitrogens with zero attached hydrogens (tertiary/aromatic N) is 1. The number of aryl methyl sites for hydroxylation is 2. The van der Waals surface area contributed by atoms with Crippen LogP contribution in [-0.4, -0.2) is 0 Å². The summed E-state index contributed by atoms with van der Waals surface area (Å²) in [4.78, 5) is 0. The highest BCUT2D eigenvalue weighted by Gasteiger charge is 2.46. The molecule has 0 atom stereocenters. The average Bonchev–Trinajstić information content (AvgIpc) is 3.51. The van der Waals surface area contributed by atoms with Crippen molar-refractivity contribution in [3.05, 3.63) is 89.6 Å². The van der Waals surface area contributed by atoms with Crippen LogP contribution in [0, 0.1) is 6.92 Å². The van der Waals surface area contributed by atoms with Crippen molar-refractivity contribution < 1.29 is 8.98 Å². The molecular formula is C30H26NO+. The Hall–Kier alpha value is -3.39. The molecule has 2 aliphatic carbocycles. The van der Waals surface area contributed by atoms with Crippen LogP contribution in [-0.2, 0) is 12.5 Å². The molecule has 2 heteroatoms. The SMILES string of the molecule is Cc1ccc2c(oc3ccc4c(c32)C2(CCCC2)c2ccccc2-4)c1-c1cccc[n+]1C. The van der Waals surface area contributed by atoms with Crippen molar-refractivity contribution in [2.45, 2.75) is 38.0 Å². The van der Waals surface area contributed by atoms with Crippen LogP contribution in [0.5, 0.6) is 0 Å². The molecule has 1 saturated carbocycles. The van der Waals surface area contributed by atoms with Crippen LogP contribution >= 0.6 is 0 Å². The van der Waals surface area contributed by atoms with Gasteiger partial charge >= 0.3 is 0 Å².